The number of esters is 1. The number of nitrogens with zero attached hydrogens (tertiary/aromatic N) is 4. The highest BCUT2D eigenvalue weighted by Crippen LogP contribution is 2.45. The lowest BCUT2D eigenvalue weighted by atomic mass is 9.93. The molecule has 0 aromatic heterocycles. The molecule has 0 bridgehead atoms. The summed E-state index contributed by atoms with van der Waals surface area (Å²) >= 11 is 1.39. The Morgan fingerprint density at radius 1 is 1.08 bits per heavy atom. The molecule has 0 saturated carbocycles. The maximum absolute atomic E-state index is 14.3. The summed E-state index contributed by atoms with van der Waals surface area (Å²) in [5, 5.41) is 2.54. The number of amides is 1. The fourth-order valence-electron chi connectivity index (χ4n) is 5.09. The Balaban J connectivity index is 1.34. The van der Waals surface area contributed by atoms with Gasteiger partial charge in [-0.1, -0.05) is 36.0 Å². The standard InChI is InChI=1S/C28H29FN4O4S/c1-18-25(27(35)37-3)26(19-7-6-8-20(29)15-19)33-21(17-38-28(33)30-18)16-24(34)32-13-11-31(12-14-32)22-9-4-5-10-23(22)36-2/h4-10,15,17,26H,11-14,16H2,1-3H3/t26-/m1/s1. The number of methoxy groups -OCH3 is 2. The molecule has 1 atom stereocenters. The monoisotopic (exact) mass is 536 g/mol. The van der Waals surface area contributed by atoms with Crippen LogP contribution in [0.5, 0.6) is 5.75 Å². The van der Waals surface area contributed by atoms with E-state index in [1.807, 2.05) is 39.5 Å². The molecule has 1 saturated heterocycles. The summed E-state index contributed by atoms with van der Waals surface area (Å²) in [6.45, 7) is 4.29. The van der Waals surface area contributed by atoms with Crippen molar-refractivity contribution in [3.8, 4) is 5.75 Å². The molecule has 3 aliphatic rings. The summed E-state index contributed by atoms with van der Waals surface area (Å²) in [5.41, 5.74) is 3.16. The molecule has 2 aromatic carbocycles. The summed E-state index contributed by atoms with van der Waals surface area (Å²) in [4.78, 5) is 36.8. The van der Waals surface area contributed by atoms with Crippen LogP contribution >= 0.6 is 11.8 Å². The van der Waals surface area contributed by atoms with E-state index >= 15 is 0 Å². The quantitative estimate of drug-likeness (QED) is 0.509. The first-order valence-electron chi connectivity index (χ1n) is 12.3. The summed E-state index contributed by atoms with van der Waals surface area (Å²) in [6, 6.07) is 13.4. The number of halogens is 1. The summed E-state index contributed by atoms with van der Waals surface area (Å²) in [6.07, 6.45) is 0.139. The average Bonchev–Trinajstić information content (AvgIpc) is 3.33. The van der Waals surface area contributed by atoms with Gasteiger partial charge in [-0.3, -0.25) is 4.79 Å². The number of carbonyl (C=O) groups excluding carboxylic acids is 2. The molecule has 2 aromatic rings. The van der Waals surface area contributed by atoms with Crippen molar-refractivity contribution >= 4 is 34.5 Å². The van der Waals surface area contributed by atoms with Crippen molar-refractivity contribution in [2.75, 3.05) is 45.3 Å². The number of rotatable bonds is 6. The molecule has 0 N–H and O–H groups in total. The van der Waals surface area contributed by atoms with E-state index in [-0.39, 0.29) is 12.3 Å². The minimum Gasteiger partial charge on any atom is -0.495 e. The van der Waals surface area contributed by atoms with Crippen molar-refractivity contribution in [1.82, 2.24) is 9.80 Å². The molecule has 0 radical (unpaired) electrons. The normalized spacial score (nSPS) is 19.2. The number of piperazine rings is 1. The van der Waals surface area contributed by atoms with E-state index in [1.54, 1.807) is 26.2 Å². The third kappa shape index (κ3) is 4.88. The van der Waals surface area contributed by atoms with E-state index in [9.17, 15) is 14.0 Å². The third-order valence-electron chi connectivity index (χ3n) is 6.96. The van der Waals surface area contributed by atoms with Crippen LogP contribution in [-0.2, 0) is 14.3 Å². The number of benzene rings is 2. The van der Waals surface area contributed by atoms with Crippen LogP contribution in [-0.4, -0.2) is 67.2 Å². The molecule has 198 valence electrons. The van der Waals surface area contributed by atoms with Gasteiger partial charge in [0.2, 0.25) is 5.91 Å². The second-order valence-corrected chi connectivity index (χ2v) is 9.99. The maximum Gasteiger partial charge on any atom is 0.338 e. The SMILES string of the molecule is COC(=O)C1=C(C)N=C2SC=C(CC(=O)N3CCN(c4ccccc4OC)CC3)N2[C@@H]1c1cccc(F)c1. The highest BCUT2D eigenvalue weighted by atomic mass is 32.2. The van der Waals surface area contributed by atoms with Gasteiger partial charge in [-0.15, -0.1) is 0 Å². The van der Waals surface area contributed by atoms with Crippen LogP contribution in [0.3, 0.4) is 0 Å². The van der Waals surface area contributed by atoms with Crippen molar-refractivity contribution in [3.63, 3.8) is 0 Å². The average molecular weight is 537 g/mol. The summed E-state index contributed by atoms with van der Waals surface area (Å²) < 4.78 is 24.8. The topological polar surface area (TPSA) is 74.7 Å². The summed E-state index contributed by atoms with van der Waals surface area (Å²) in [5.74, 6) is -0.142. The van der Waals surface area contributed by atoms with E-state index in [4.69, 9.17) is 9.47 Å². The summed E-state index contributed by atoms with van der Waals surface area (Å²) in [7, 11) is 2.97. The van der Waals surface area contributed by atoms with Crippen molar-refractivity contribution < 1.29 is 23.5 Å². The first-order chi connectivity index (χ1) is 18.4. The first-order valence-corrected chi connectivity index (χ1v) is 13.2. The molecule has 0 spiro atoms. The van der Waals surface area contributed by atoms with Crippen molar-refractivity contribution in [2.45, 2.75) is 19.4 Å². The molecular formula is C28H29FN4O4S. The molecule has 3 heterocycles. The number of anilines is 1. The smallest absolute Gasteiger partial charge is 0.338 e. The molecule has 1 fully saturated rings. The van der Waals surface area contributed by atoms with Crippen LogP contribution in [0.15, 0.2) is 75.9 Å². The molecule has 0 unspecified atom stereocenters. The number of thioether (sulfide) groups is 1. The number of hydrogen-bond donors (Lipinski definition) is 0. The number of aliphatic imine (C=N–C) groups is 1. The molecule has 8 nitrogen and oxygen atoms in total. The van der Waals surface area contributed by atoms with E-state index in [1.165, 1.54) is 31.0 Å². The Morgan fingerprint density at radius 2 is 1.84 bits per heavy atom. The van der Waals surface area contributed by atoms with E-state index in [0.29, 0.717) is 53.9 Å². The van der Waals surface area contributed by atoms with Crippen molar-refractivity contribution in [2.24, 2.45) is 4.99 Å². The zero-order valence-electron chi connectivity index (χ0n) is 21.5. The molecule has 3 aliphatic heterocycles. The molecular weight excluding hydrogens is 507 g/mol. The van der Waals surface area contributed by atoms with Gasteiger partial charge in [-0.25, -0.2) is 14.2 Å². The molecule has 5 rings (SSSR count). The van der Waals surface area contributed by atoms with Gasteiger partial charge in [0.05, 0.1) is 43.6 Å². The fraction of sp³-hybridized carbons (Fsp3) is 0.321. The predicted molar refractivity (Wildman–Crippen MR) is 145 cm³/mol. The number of amidine groups is 1. The highest BCUT2D eigenvalue weighted by molar-refractivity contribution is 8.16. The Morgan fingerprint density at radius 3 is 2.55 bits per heavy atom. The van der Waals surface area contributed by atoms with E-state index in [2.05, 4.69) is 9.89 Å². The Hall–Kier alpha value is -3.79. The number of para-hydroxylation sites is 2. The van der Waals surface area contributed by atoms with Crippen LogP contribution in [0.25, 0.3) is 0 Å². The second-order valence-electron chi connectivity index (χ2n) is 9.16. The molecule has 10 heteroatoms. The largest absolute Gasteiger partial charge is 0.495 e. The van der Waals surface area contributed by atoms with Gasteiger partial charge in [-0.05, 0) is 42.2 Å². The lowest BCUT2D eigenvalue weighted by Crippen LogP contribution is -2.49. The van der Waals surface area contributed by atoms with Crippen molar-refractivity contribution in [3.05, 3.63) is 82.3 Å². The second kappa shape index (κ2) is 10.9. The van der Waals surface area contributed by atoms with Crippen LogP contribution in [0.2, 0.25) is 0 Å². The van der Waals surface area contributed by atoms with Gasteiger partial charge in [0.1, 0.15) is 11.6 Å². The lowest BCUT2D eigenvalue weighted by molar-refractivity contribution is -0.136. The number of ether oxygens (including phenoxy) is 2. The van der Waals surface area contributed by atoms with Crippen LogP contribution in [0.1, 0.15) is 24.9 Å². The van der Waals surface area contributed by atoms with Crippen molar-refractivity contribution in [1.29, 1.82) is 0 Å². The van der Waals surface area contributed by atoms with E-state index in [0.717, 1.165) is 11.4 Å². The Kier molecular flexibility index (Phi) is 7.42. The third-order valence-corrected chi connectivity index (χ3v) is 7.85. The van der Waals surface area contributed by atoms with Gasteiger partial charge in [0.25, 0.3) is 0 Å². The minimum absolute atomic E-state index is 0.0124. The minimum atomic E-state index is -0.651. The first kappa shape index (κ1) is 25.8. The Bertz CT molecular complexity index is 1350. The predicted octanol–water partition coefficient (Wildman–Crippen LogP) is 4.32. The van der Waals surface area contributed by atoms with Crippen LogP contribution in [0.4, 0.5) is 10.1 Å². The number of carbonyl (C=O) groups is 2. The fourth-order valence-corrected chi connectivity index (χ4v) is 6.05. The zero-order valence-corrected chi connectivity index (χ0v) is 22.3. The number of hydrogen-bond acceptors (Lipinski definition) is 8. The number of fused-ring (bicyclic) bond motifs is 1. The van der Waals surface area contributed by atoms with Gasteiger partial charge in [0, 0.05) is 31.9 Å². The zero-order chi connectivity index (χ0) is 26.8. The van der Waals surface area contributed by atoms with Gasteiger partial charge in [-0.2, -0.15) is 0 Å². The number of allylic oxidation sites excluding steroid dienone is 1. The Labute approximate surface area is 225 Å². The highest BCUT2D eigenvalue weighted by Gasteiger charge is 2.41. The van der Waals surface area contributed by atoms with Crippen LogP contribution < -0.4 is 9.64 Å². The molecule has 0 aliphatic carbocycles. The molecule has 1 amide bonds. The van der Waals surface area contributed by atoms with Gasteiger partial charge in [0.15, 0.2) is 5.17 Å². The van der Waals surface area contributed by atoms with E-state index < -0.39 is 17.8 Å². The molecule has 38 heavy (non-hydrogen) atoms. The van der Waals surface area contributed by atoms with Gasteiger partial charge >= 0.3 is 5.97 Å². The van der Waals surface area contributed by atoms with Crippen LogP contribution in [0, 0.1) is 5.82 Å². The lowest BCUT2D eigenvalue weighted by Gasteiger charge is -2.38. The van der Waals surface area contributed by atoms with Gasteiger partial charge < -0.3 is 24.2 Å². The maximum atomic E-state index is 14.3.